The quantitative estimate of drug-likeness (QED) is 0.828. The van der Waals surface area contributed by atoms with Gasteiger partial charge in [0.1, 0.15) is 5.69 Å². The third kappa shape index (κ3) is 2.15. The molecule has 0 unspecified atom stereocenters. The first-order valence-corrected chi connectivity index (χ1v) is 5.42. The second kappa shape index (κ2) is 3.77. The van der Waals surface area contributed by atoms with Crippen LogP contribution in [0, 0.1) is 5.41 Å². The van der Waals surface area contributed by atoms with Crippen molar-refractivity contribution in [3.8, 4) is 0 Å². The molecule has 1 saturated heterocycles. The summed E-state index contributed by atoms with van der Waals surface area (Å²) in [5.74, 6) is -0.978. The Bertz CT molecular complexity index is 398. The summed E-state index contributed by atoms with van der Waals surface area (Å²) in [6, 6.07) is 3.39. The van der Waals surface area contributed by atoms with E-state index in [1.807, 2.05) is 6.07 Å². The molecule has 0 bridgehead atoms. The Labute approximate surface area is 94.9 Å². The molecule has 1 fully saturated rings. The molecule has 0 saturated carbocycles. The fourth-order valence-electron chi connectivity index (χ4n) is 2.03. The molecule has 0 aromatic carbocycles. The highest BCUT2D eigenvalue weighted by Gasteiger charge is 2.29. The predicted octanol–water partition coefficient (Wildman–Crippen LogP) is 2.02. The Kier molecular flexibility index (Phi) is 2.58. The van der Waals surface area contributed by atoms with Crippen molar-refractivity contribution >= 4 is 11.7 Å². The van der Waals surface area contributed by atoms with Gasteiger partial charge in [0.05, 0.1) is 11.9 Å². The van der Waals surface area contributed by atoms with E-state index in [1.54, 1.807) is 12.3 Å². The number of aromatic carboxylic acids is 1. The Balaban J connectivity index is 2.14. The summed E-state index contributed by atoms with van der Waals surface area (Å²) in [6.45, 7) is 6.50. The van der Waals surface area contributed by atoms with Gasteiger partial charge in [-0.05, 0) is 24.0 Å². The van der Waals surface area contributed by atoms with Gasteiger partial charge in [-0.3, -0.25) is 0 Å². The number of carbonyl (C=O) groups is 1. The molecule has 2 heterocycles. The molecule has 0 radical (unpaired) electrons. The predicted molar refractivity (Wildman–Crippen MR) is 61.8 cm³/mol. The molecule has 1 aromatic rings. The van der Waals surface area contributed by atoms with E-state index in [0.717, 1.165) is 25.2 Å². The molecule has 0 atom stereocenters. The van der Waals surface area contributed by atoms with Gasteiger partial charge in [0.2, 0.25) is 0 Å². The number of pyridine rings is 1. The number of carboxylic acid groups (broad SMARTS) is 1. The third-order valence-corrected chi connectivity index (χ3v) is 3.01. The molecule has 0 spiro atoms. The van der Waals surface area contributed by atoms with E-state index in [1.165, 1.54) is 0 Å². The van der Waals surface area contributed by atoms with Crippen molar-refractivity contribution < 1.29 is 9.90 Å². The highest BCUT2D eigenvalue weighted by Crippen LogP contribution is 2.31. The van der Waals surface area contributed by atoms with E-state index < -0.39 is 5.97 Å². The first-order valence-electron chi connectivity index (χ1n) is 5.42. The molecule has 1 aliphatic heterocycles. The highest BCUT2D eigenvalue weighted by atomic mass is 16.4. The van der Waals surface area contributed by atoms with Crippen LogP contribution in [-0.2, 0) is 0 Å². The van der Waals surface area contributed by atoms with E-state index >= 15 is 0 Å². The molecule has 4 heteroatoms. The van der Waals surface area contributed by atoms with Crippen LogP contribution in [0.15, 0.2) is 18.3 Å². The van der Waals surface area contributed by atoms with E-state index in [-0.39, 0.29) is 5.69 Å². The fourth-order valence-corrected chi connectivity index (χ4v) is 2.03. The van der Waals surface area contributed by atoms with Gasteiger partial charge in [0, 0.05) is 13.1 Å². The normalized spacial score (nSPS) is 18.8. The topological polar surface area (TPSA) is 53.4 Å². The second-order valence-corrected chi connectivity index (χ2v) is 5.04. The standard InChI is InChI=1S/C12H16N2O2/c1-12(2)5-6-14(8-12)9-3-4-10(11(15)16)13-7-9/h3-4,7H,5-6,8H2,1-2H3,(H,15,16). The lowest BCUT2D eigenvalue weighted by Gasteiger charge is -2.21. The summed E-state index contributed by atoms with van der Waals surface area (Å²) in [5.41, 5.74) is 1.45. The lowest BCUT2D eigenvalue weighted by Crippen LogP contribution is -2.22. The van der Waals surface area contributed by atoms with Crippen LogP contribution in [-0.4, -0.2) is 29.1 Å². The molecule has 2 rings (SSSR count). The van der Waals surface area contributed by atoms with Gasteiger partial charge in [0.15, 0.2) is 0 Å². The minimum Gasteiger partial charge on any atom is -0.477 e. The highest BCUT2D eigenvalue weighted by molar-refractivity contribution is 5.85. The molecule has 1 N–H and O–H groups in total. The van der Waals surface area contributed by atoms with Crippen LogP contribution in [0.5, 0.6) is 0 Å². The van der Waals surface area contributed by atoms with Crippen molar-refractivity contribution in [2.75, 3.05) is 18.0 Å². The molecule has 86 valence electrons. The summed E-state index contributed by atoms with van der Waals surface area (Å²) >= 11 is 0. The van der Waals surface area contributed by atoms with Crippen LogP contribution in [0.4, 0.5) is 5.69 Å². The number of anilines is 1. The zero-order chi connectivity index (χ0) is 11.8. The van der Waals surface area contributed by atoms with Crippen molar-refractivity contribution in [1.82, 2.24) is 4.98 Å². The Morgan fingerprint density at radius 2 is 2.25 bits per heavy atom. The SMILES string of the molecule is CC1(C)CCN(c2ccc(C(=O)O)nc2)C1. The average molecular weight is 220 g/mol. The lowest BCUT2D eigenvalue weighted by atomic mass is 9.93. The number of hydrogen-bond donors (Lipinski definition) is 1. The Hall–Kier alpha value is -1.58. The van der Waals surface area contributed by atoms with Crippen molar-refractivity contribution in [2.24, 2.45) is 5.41 Å². The van der Waals surface area contributed by atoms with Crippen LogP contribution < -0.4 is 4.90 Å². The largest absolute Gasteiger partial charge is 0.477 e. The van der Waals surface area contributed by atoms with Crippen LogP contribution >= 0.6 is 0 Å². The number of aromatic nitrogens is 1. The Morgan fingerprint density at radius 3 is 2.69 bits per heavy atom. The van der Waals surface area contributed by atoms with E-state index in [9.17, 15) is 4.79 Å². The monoisotopic (exact) mass is 220 g/mol. The van der Waals surface area contributed by atoms with Gasteiger partial charge in [-0.15, -0.1) is 0 Å². The maximum atomic E-state index is 10.7. The van der Waals surface area contributed by atoms with Gasteiger partial charge < -0.3 is 10.0 Å². The van der Waals surface area contributed by atoms with Crippen LogP contribution in [0.3, 0.4) is 0 Å². The van der Waals surface area contributed by atoms with Crippen LogP contribution in [0.25, 0.3) is 0 Å². The zero-order valence-electron chi connectivity index (χ0n) is 9.60. The summed E-state index contributed by atoms with van der Waals surface area (Å²) in [4.78, 5) is 16.8. The molecular formula is C12H16N2O2. The first-order chi connectivity index (χ1) is 7.48. The molecule has 1 aromatic heterocycles. The second-order valence-electron chi connectivity index (χ2n) is 5.04. The summed E-state index contributed by atoms with van der Waals surface area (Å²) in [7, 11) is 0. The van der Waals surface area contributed by atoms with E-state index in [0.29, 0.717) is 5.41 Å². The maximum absolute atomic E-state index is 10.7. The third-order valence-electron chi connectivity index (χ3n) is 3.01. The van der Waals surface area contributed by atoms with Crippen molar-refractivity contribution in [3.05, 3.63) is 24.0 Å². The van der Waals surface area contributed by atoms with E-state index in [2.05, 4.69) is 23.7 Å². The smallest absolute Gasteiger partial charge is 0.354 e. The van der Waals surface area contributed by atoms with Gasteiger partial charge in [-0.25, -0.2) is 9.78 Å². The maximum Gasteiger partial charge on any atom is 0.354 e. The van der Waals surface area contributed by atoms with Crippen molar-refractivity contribution in [3.63, 3.8) is 0 Å². The summed E-state index contributed by atoms with van der Waals surface area (Å²) < 4.78 is 0. The van der Waals surface area contributed by atoms with Crippen LogP contribution in [0.1, 0.15) is 30.8 Å². The molecule has 0 aliphatic carbocycles. The average Bonchev–Trinajstić information content (AvgIpc) is 2.59. The van der Waals surface area contributed by atoms with Crippen molar-refractivity contribution in [2.45, 2.75) is 20.3 Å². The number of hydrogen-bond acceptors (Lipinski definition) is 3. The summed E-state index contributed by atoms with van der Waals surface area (Å²) in [6.07, 6.45) is 2.80. The lowest BCUT2D eigenvalue weighted by molar-refractivity contribution is 0.0690. The fraction of sp³-hybridized carbons (Fsp3) is 0.500. The molecule has 4 nitrogen and oxygen atoms in total. The van der Waals surface area contributed by atoms with Gasteiger partial charge >= 0.3 is 5.97 Å². The Morgan fingerprint density at radius 1 is 1.50 bits per heavy atom. The van der Waals surface area contributed by atoms with Gasteiger partial charge in [-0.2, -0.15) is 0 Å². The van der Waals surface area contributed by atoms with Gasteiger partial charge in [-0.1, -0.05) is 13.8 Å². The van der Waals surface area contributed by atoms with E-state index in [4.69, 9.17) is 5.11 Å². The number of rotatable bonds is 2. The first kappa shape index (κ1) is 10.9. The minimum atomic E-state index is -0.978. The molecule has 16 heavy (non-hydrogen) atoms. The summed E-state index contributed by atoms with van der Waals surface area (Å²) in [5, 5.41) is 8.75. The zero-order valence-corrected chi connectivity index (χ0v) is 9.60. The molecular weight excluding hydrogens is 204 g/mol. The number of nitrogens with zero attached hydrogens (tertiary/aromatic N) is 2. The van der Waals surface area contributed by atoms with Gasteiger partial charge in [0.25, 0.3) is 0 Å². The molecule has 1 aliphatic rings. The molecule has 0 amide bonds. The van der Waals surface area contributed by atoms with Crippen LogP contribution in [0.2, 0.25) is 0 Å². The van der Waals surface area contributed by atoms with Crippen molar-refractivity contribution in [1.29, 1.82) is 0 Å². The number of carboxylic acids is 1. The minimum absolute atomic E-state index is 0.0993.